The van der Waals surface area contributed by atoms with Crippen molar-refractivity contribution in [1.82, 2.24) is 10.6 Å². The lowest BCUT2D eigenvalue weighted by atomic mass is 9.79. The van der Waals surface area contributed by atoms with Crippen LogP contribution in [0, 0.1) is 0 Å². The van der Waals surface area contributed by atoms with Crippen LogP contribution in [0.2, 0.25) is 0 Å². The van der Waals surface area contributed by atoms with Crippen LogP contribution >= 0.6 is 0 Å². The first kappa shape index (κ1) is 51.4. The molecule has 0 saturated carbocycles. The van der Waals surface area contributed by atoms with Crippen molar-refractivity contribution in [1.29, 1.82) is 0 Å². The second-order valence-corrected chi connectivity index (χ2v) is 22.2. The van der Waals surface area contributed by atoms with Crippen LogP contribution in [0.1, 0.15) is 150 Å². The number of fused-ring (bicyclic) bond motifs is 2. The average molecular weight is 933 g/mol. The van der Waals surface area contributed by atoms with E-state index >= 15 is 0 Å². The molecule has 0 atom stereocenters. The first-order chi connectivity index (χ1) is 31.7. The Hall–Kier alpha value is -6.04. The quantitative estimate of drug-likeness (QED) is 0.159. The van der Waals surface area contributed by atoms with Gasteiger partial charge in [-0.25, -0.2) is 9.59 Å². The summed E-state index contributed by atoms with van der Waals surface area (Å²) >= 11 is 0. The molecule has 1 aliphatic heterocycles. The van der Waals surface area contributed by atoms with Crippen molar-refractivity contribution in [2.24, 2.45) is 0 Å². The monoisotopic (exact) mass is 933 g/mol. The van der Waals surface area contributed by atoms with Crippen LogP contribution in [0.5, 0.6) is 23.0 Å². The number of benzene rings is 4. The molecule has 10 bridgehead atoms. The Kier molecular flexibility index (Phi) is 15.3. The number of hydrogen-bond acceptors (Lipinski definition) is 10. The fourth-order valence-corrected chi connectivity index (χ4v) is 8.52. The predicted molar refractivity (Wildman–Crippen MR) is 264 cm³/mol. The largest absolute Gasteiger partial charge is 0.483 e. The lowest BCUT2D eigenvalue weighted by Gasteiger charge is -2.29. The van der Waals surface area contributed by atoms with Crippen LogP contribution in [0.4, 0.5) is 0 Å². The first-order valence-electron chi connectivity index (χ1n) is 23.6. The number of esters is 2. The highest BCUT2D eigenvalue weighted by atomic mass is 16.6. The summed E-state index contributed by atoms with van der Waals surface area (Å²) in [5.41, 5.74) is 9.32. The Balaban J connectivity index is 1.84. The third-order valence-corrected chi connectivity index (χ3v) is 12.5. The van der Waals surface area contributed by atoms with Crippen molar-refractivity contribution in [3.05, 3.63) is 115 Å². The van der Waals surface area contributed by atoms with Gasteiger partial charge in [0.25, 0.3) is 11.8 Å². The number of methoxy groups -OCH3 is 2. The maximum absolute atomic E-state index is 13.6. The molecule has 0 saturated heterocycles. The third-order valence-electron chi connectivity index (χ3n) is 12.5. The highest BCUT2D eigenvalue weighted by Crippen LogP contribution is 2.44. The summed E-state index contributed by atoms with van der Waals surface area (Å²) in [6.07, 6.45) is 1.20. The Labute approximate surface area is 403 Å². The van der Waals surface area contributed by atoms with Gasteiger partial charge in [0.2, 0.25) is 0 Å². The SMILES string of the molecule is COC(=O)COc1c2cc(C(C)(C)C)cc1Cc1cc(C(C)(C)C)cc3c1OCC(=O)NCCNC(=O)COc1c(cc(C(C)(C)C)cc1Cc1cc(C(C)(C)C)cc(c1OCC(=O)OC)C3)C2. The predicted octanol–water partition coefficient (Wildman–Crippen LogP) is 8.66. The minimum absolute atomic E-state index is 0.179. The molecule has 4 aromatic carbocycles. The summed E-state index contributed by atoms with van der Waals surface area (Å²) in [7, 11) is 2.67. The summed E-state index contributed by atoms with van der Waals surface area (Å²) in [6, 6.07) is 17.1. The Bertz CT molecular complexity index is 2290. The third kappa shape index (κ3) is 12.5. The van der Waals surface area contributed by atoms with Gasteiger partial charge in [0.05, 0.1) is 14.2 Å². The Morgan fingerprint density at radius 3 is 0.941 bits per heavy atom. The molecule has 0 unspecified atom stereocenters. The van der Waals surface area contributed by atoms with E-state index in [0.29, 0.717) is 48.7 Å². The van der Waals surface area contributed by atoms with Crippen molar-refractivity contribution < 1.29 is 47.6 Å². The van der Waals surface area contributed by atoms with E-state index in [4.69, 9.17) is 28.4 Å². The van der Waals surface area contributed by atoms with Crippen LogP contribution < -0.4 is 29.6 Å². The molecule has 0 spiro atoms. The molecule has 4 aromatic rings. The highest BCUT2D eigenvalue weighted by Gasteiger charge is 2.30. The van der Waals surface area contributed by atoms with Gasteiger partial charge in [0.15, 0.2) is 26.4 Å². The van der Waals surface area contributed by atoms with Crippen molar-refractivity contribution in [2.45, 2.75) is 130 Å². The van der Waals surface area contributed by atoms with E-state index < -0.39 is 11.9 Å². The minimum Gasteiger partial charge on any atom is -0.483 e. The fraction of sp³-hybridized carbons (Fsp3) is 0.500. The van der Waals surface area contributed by atoms with Crippen molar-refractivity contribution in [2.75, 3.05) is 53.7 Å². The molecule has 1 heterocycles. The van der Waals surface area contributed by atoms with Crippen LogP contribution in [-0.2, 0) is 76.0 Å². The maximum atomic E-state index is 13.6. The van der Waals surface area contributed by atoms with Crippen LogP contribution in [-0.4, -0.2) is 77.5 Å². The summed E-state index contributed by atoms with van der Waals surface area (Å²) in [6.45, 7) is 25.0. The summed E-state index contributed by atoms with van der Waals surface area (Å²) in [5, 5.41) is 5.79. The average Bonchev–Trinajstić information content (AvgIpc) is 3.24. The number of rotatable bonds is 6. The smallest absolute Gasteiger partial charge is 0.343 e. The van der Waals surface area contributed by atoms with E-state index in [0.717, 1.165) is 66.8 Å². The zero-order valence-electron chi connectivity index (χ0n) is 42.8. The molecular formula is C56H72N2O10. The van der Waals surface area contributed by atoms with E-state index in [2.05, 4.69) is 142 Å². The summed E-state index contributed by atoms with van der Waals surface area (Å²) in [5.74, 6) is 0.277. The van der Waals surface area contributed by atoms with E-state index in [1.807, 2.05) is 0 Å². The Morgan fingerprint density at radius 2 is 0.706 bits per heavy atom. The van der Waals surface area contributed by atoms with Gasteiger partial charge in [-0.15, -0.1) is 0 Å². The van der Waals surface area contributed by atoms with Gasteiger partial charge < -0.3 is 39.1 Å². The Morgan fingerprint density at radius 1 is 0.456 bits per heavy atom. The molecule has 2 amide bonds. The molecule has 2 N–H and O–H groups in total. The summed E-state index contributed by atoms with van der Waals surface area (Å²) in [4.78, 5) is 53.1. The minimum atomic E-state index is -0.533. The number of nitrogens with one attached hydrogen (secondary N) is 2. The second-order valence-electron chi connectivity index (χ2n) is 22.2. The lowest BCUT2D eigenvalue weighted by molar-refractivity contribution is -0.143. The van der Waals surface area contributed by atoms with Crippen molar-refractivity contribution >= 4 is 23.8 Å². The molecule has 366 valence electrons. The standard InChI is InChI=1S/C56H72N2O10/c1-53(2,3)41-21-33-17-37-25-43(55(7,8)9)27-39(51(37)67-31-47(61)63-13)19-35-23-42(54(4,5)6)24-36-20-40-28-44(56(10,11)12)26-38(52(40)68-32-48(62)64-14)18-34(22-41)49(33)65-29-45(59)57-15-16-58-46(60)30-66-50(35)36/h21-28H,15-20,29-32H2,1-14H3,(H,57,59)(H,58,60). The number of carbonyl (C=O) groups is 4. The van der Waals surface area contributed by atoms with Gasteiger partial charge in [-0.2, -0.15) is 0 Å². The number of amides is 2. The van der Waals surface area contributed by atoms with Gasteiger partial charge in [-0.1, -0.05) is 132 Å². The molecule has 0 fully saturated rings. The molecule has 12 nitrogen and oxygen atoms in total. The van der Waals surface area contributed by atoms with Crippen LogP contribution in [0.25, 0.3) is 0 Å². The number of hydrogen-bond donors (Lipinski definition) is 2. The highest BCUT2D eigenvalue weighted by molar-refractivity contribution is 5.79. The zero-order valence-corrected chi connectivity index (χ0v) is 42.8. The van der Waals surface area contributed by atoms with Crippen LogP contribution in [0.15, 0.2) is 48.5 Å². The molecule has 6 rings (SSSR count). The molecular weight excluding hydrogens is 861 g/mol. The van der Waals surface area contributed by atoms with Gasteiger partial charge in [-0.05, 0) is 88.4 Å². The molecule has 0 radical (unpaired) electrons. The lowest BCUT2D eigenvalue weighted by Crippen LogP contribution is -2.38. The van der Waals surface area contributed by atoms with Crippen molar-refractivity contribution in [3.63, 3.8) is 0 Å². The second kappa shape index (κ2) is 20.3. The summed E-state index contributed by atoms with van der Waals surface area (Å²) < 4.78 is 36.9. The first-order valence-corrected chi connectivity index (χ1v) is 23.6. The molecule has 68 heavy (non-hydrogen) atoms. The zero-order chi connectivity index (χ0) is 49.9. The van der Waals surface area contributed by atoms with Gasteiger partial charge in [-0.3, -0.25) is 9.59 Å². The van der Waals surface area contributed by atoms with Crippen LogP contribution in [0.3, 0.4) is 0 Å². The molecule has 2 aliphatic rings. The fourth-order valence-electron chi connectivity index (χ4n) is 8.52. The van der Waals surface area contributed by atoms with E-state index in [1.165, 1.54) is 14.2 Å². The van der Waals surface area contributed by atoms with E-state index in [9.17, 15) is 19.2 Å². The van der Waals surface area contributed by atoms with E-state index in [-0.39, 0.29) is 73.0 Å². The maximum Gasteiger partial charge on any atom is 0.343 e. The van der Waals surface area contributed by atoms with Crippen molar-refractivity contribution in [3.8, 4) is 23.0 Å². The molecule has 1 aliphatic carbocycles. The normalized spacial score (nSPS) is 14.9. The van der Waals surface area contributed by atoms with E-state index in [1.54, 1.807) is 0 Å². The molecule has 12 heteroatoms. The molecule has 0 aromatic heterocycles. The number of ether oxygens (including phenoxy) is 6. The van der Waals surface area contributed by atoms with Gasteiger partial charge in [0, 0.05) is 38.8 Å². The van der Waals surface area contributed by atoms with Gasteiger partial charge >= 0.3 is 11.9 Å². The topological polar surface area (TPSA) is 148 Å². The van der Waals surface area contributed by atoms with Gasteiger partial charge in [0.1, 0.15) is 23.0 Å². The number of carbonyl (C=O) groups excluding carboxylic acids is 4.